The van der Waals surface area contributed by atoms with Crippen molar-refractivity contribution in [2.24, 2.45) is 0 Å². The summed E-state index contributed by atoms with van der Waals surface area (Å²) in [5.74, 6) is 2.38. The van der Waals surface area contributed by atoms with Crippen molar-refractivity contribution in [3.8, 4) is 11.6 Å². The third-order valence-electron chi connectivity index (χ3n) is 3.19. The summed E-state index contributed by atoms with van der Waals surface area (Å²) in [7, 11) is 0. The van der Waals surface area contributed by atoms with E-state index in [4.69, 9.17) is 9.15 Å². The molecule has 0 amide bonds. The average Bonchev–Trinajstić information content (AvgIpc) is 3.19. The molecule has 1 aliphatic rings. The van der Waals surface area contributed by atoms with Gasteiger partial charge in [0.2, 0.25) is 5.82 Å². The smallest absolute Gasteiger partial charge is 0.200 e. The van der Waals surface area contributed by atoms with Gasteiger partial charge in [-0.1, -0.05) is 17.8 Å². The van der Waals surface area contributed by atoms with E-state index in [2.05, 4.69) is 16.8 Å². The minimum Gasteiger partial charge on any atom is -0.461 e. The highest BCUT2D eigenvalue weighted by Gasteiger charge is 2.19. The molecule has 1 fully saturated rings. The minimum absolute atomic E-state index is 0.334. The molecule has 3 rings (SSSR count). The number of thioether (sulfide) groups is 1. The summed E-state index contributed by atoms with van der Waals surface area (Å²) in [5, 5.41) is 9.38. The number of aromatic nitrogens is 3. The van der Waals surface area contributed by atoms with Crippen molar-refractivity contribution in [2.45, 2.75) is 30.6 Å². The van der Waals surface area contributed by atoms with Gasteiger partial charge in [0.1, 0.15) is 0 Å². The maximum absolute atomic E-state index is 5.64. The number of hydrogen-bond acceptors (Lipinski definition) is 5. The zero-order valence-electron chi connectivity index (χ0n) is 11.2. The lowest BCUT2D eigenvalue weighted by Gasteiger charge is -2.09. The fourth-order valence-corrected chi connectivity index (χ4v) is 3.23. The highest BCUT2D eigenvalue weighted by Crippen LogP contribution is 2.26. The summed E-state index contributed by atoms with van der Waals surface area (Å²) in [5.41, 5.74) is 0. The Morgan fingerprint density at radius 2 is 2.45 bits per heavy atom. The topological polar surface area (TPSA) is 53.1 Å². The first-order valence-corrected chi connectivity index (χ1v) is 7.69. The van der Waals surface area contributed by atoms with Crippen molar-refractivity contribution in [3.05, 3.63) is 31.1 Å². The number of nitrogens with zero attached hydrogens (tertiary/aromatic N) is 3. The van der Waals surface area contributed by atoms with E-state index in [9.17, 15) is 0 Å². The van der Waals surface area contributed by atoms with Gasteiger partial charge in [-0.2, -0.15) is 0 Å². The fourth-order valence-electron chi connectivity index (χ4n) is 2.22. The molecule has 2 aromatic rings. The van der Waals surface area contributed by atoms with E-state index >= 15 is 0 Å². The zero-order chi connectivity index (χ0) is 13.8. The average molecular weight is 291 g/mol. The lowest BCUT2D eigenvalue weighted by molar-refractivity contribution is 0.129. The van der Waals surface area contributed by atoms with Gasteiger partial charge in [-0.25, -0.2) is 0 Å². The Morgan fingerprint density at radius 1 is 1.50 bits per heavy atom. The summed E-state index contributed by atoms with van der Waals surface area (Å²) in [6.07, 6.45) is 6.10. The minimum atomic E-state index is 0.334. The summed E-state index contributed by atoms with van der Waals surface area (Å²) < 4.78 is 13.1. The third-order valence-corrected chi connectivity index (χ3v) is 4.29. The van der Waals surface area contributed by atoms with E-state index in [0.29, 0.717) is 12.6 Å². The normalized spacial score (nSPS) is 18.5. The van der Waals surface area contributed by atoms with E-state index in [1.807, 2.05) is 22.8 Å². The second kappa shape index (κ2) is 6.28. The van der Waals surface area contributed by atoms with Crippen LogP contribution in [0.2, 0.25) is 0 Å². The van der Waals surface area contributed by atoms with Crippen LogP contribution in [0.1, 0.15) is 12.8 Å². The van der Waals surface area contributed by atoms with Gasteiger partial charge in [0, 0.05) is 18.9 Å². The number of ether oxygens (including phenoxy) is 1. The molecule has 0 N–H and O–H groups in total. The first-order chi connectivity index (χ1) is 9.88. The number of allylic oxidation sites excluding steroid dienone is 1. The molecular formula is C14H17N3O2S. The lowest BCUT2D eigenvalue weighted by Crippen LogP contribution is -2.09. The summed E-state index contributed by atoms with van der Waals surface area (Å²) >= 11 is 1.68. The van der Waals surface area contributed by atoms with E-state index in [-0.39, 0.29) is 0 Å². The van der Waals surface area contributed by atoms with Crippen LogP contribution in [0.4, 0.5) is 0 Å². The first kappa shape index (κ1) is 13.5. The Morgan fingerprint density at radius 3 is 3.15 bits per heavy atom. The van der Waals surface area contributed by atoms with Gasteiger partial charge in [0.25, 0.3) is 0 Å². The second-order valence-electron chi connectivity index (χ2n) is 4.63. The van der Waals surface area contributed by atoms with Crippen molar-refractivity contribution in [1.82, 2.24) is 14.8 Å². The molecule has 0 bridgehead atoms. The molecule has 0 saturated carbocycles. The fraction of sp³-hybridized carbons (Fsp3) is 0.429. The van der Waals surface area contributed by atoms with E-state index in [0.717, 1.165) is 41.9 Å². The van der Waals surface area contributed by atoms with Gasteiger partial charge >= 0.3 is 0 Å². The molecule has 0 spiro atoms. The molecule has 1 atom stereocenters. The largest absolute Gasteiger partial charge is 0.461 e. The van der Waals surface area contributed by atoms with Gasteiger partial charge in [-0.05, 0) is 25.0 Å². The molecule has 0 radical (unpaired) electrons. The van der Waals surface area contributed by atoms with Crippen LogP contribution >= 0.6 is 11.8 Å². The molecule has 20 heavy (non-hydrogen) atoms. The number of rotatable bonds is 6. The van der Waals surface area contributed by atoms with Crippen LogP contribution in [0, 0.1) is 0 Å². The third kappa shape index (κ3) is 2.81. The first-order valence-electron chi connectivity index (χ1n) is 6.71. The highest BCUT2D eigenvalue weighted by atomic mass is 32.2. The molecule has 5 nitrogen and oxygen atoms in total. The predicted octanol–water partition coefficient (Wildman–Crippen LogP) is 3.00. The Labute approximate surface area is 122 Å². The molecule has 1 unspecified atom stereocenters. The van der Waals surface area contributed by atoms with Crippen molar-refractivity contribution in [2.75, 3.05) is 12.4 Å². The molecular weight excluding hydrogens is 274 g/mol. The summed E-state index contributed by atoms with van der Waals surface area (Å²) in [6.45, 7) is 5.34. The van der Waals surface area contributed by atoms with Crippen molar-refractivity contribution < 1.29 is 9.15 Å². The second-order valence-corrected chi connectivity index (χ2v) is 5.62. The molecule has 2 aromatic heterocycles. The highest BCUT2D eigenvalue weighted by molar-refractivity contribution is 7.99. The number of furan rings is 1. The van der Waals surface area contributed by atoms with Gasteiger partial charge in [0.15, 0.2) is 10.9 Å². The van der Waals surface area contributed by atoms with Crippen LogP contribution in [-0.4, -0.2) is 33.2 Å². The van der Waals surface area contributed by atoms with Crippen LogP contribution in [0.25, 0.3) is 11.6 Å². The van der Waals surface area contributed by atoms with E-state index in [1.54, 1.807) is 18.0 Å². The van der Waals surface area contributed by atoms with Gasteiger partial charge < -0.3 is 9.15 Å². The summed E-state index contributed by atoms with van der Waals surface area (Å²) in [4.78, 5) is 0. The van der Waals surface area contributed by atoms with Crippen LogP contribution in [0.3, 0.4) is 0 Å². The number of hydrogen-bond donors (Lipinski definition) is 0. The predicted molar refractivity (Wildman–Crippen MR) is 77.6 cm³/mol. The monoisotopic (exact) mass is 291 g/mol. The lowest BCUT2D eigenvalue weighted by atomic mass is 10.3. The summed E-state index contributed by atoms with van der Waals surface area (Å²) in [6, 6.07) is 3.74. The van der Waals surface area contributed by atoms with Crippen molar-refractivity contribution in [3.63, 3.8) is 0 Å². The van der Waals surface area contributed by atoms with Gasteiger partial charge in [-0.15, -0.1) is 16.8 Å². The van der Waals surface area contributed by atoms with E-state index < -0.39 is 0 Å². The molecule has 0 aromatic carbocycles. The van der Waals surface area contributed by atoms with Crippen molar-refractivity contribution >= 4 is 11.8 Å². The van der Waals surface area contributed by atoms with Crippen LogP contribution in [0.15, 0.2) is 40.6 Å². The van der Waals surface area contributed by atoms with Crippen molar-refractivity contribution in [1.29, 1.82) is 0 Å². The van der Waals surface area contributed by atoms with Gasteiger partial charge in [0.05, 0.1) is 12.4 Å². The van der Waals surface area contributed by atoms with Crippen LogP contribution < -0.4 is 0 Å². The molecule has 1 aliphatic heterocycles. The molecule has 106 valence electrons. The standard InChI is InChI=1S/C14H17N3O2S/c1-2-7-17-13(12-6-4-9-19-12)15-16-14(17)20-10-11-5-3-8-18-11/h2,4,6,9,11H,1,3,5,7-8,10H2. The Hall–Kier alpha value is -1.53. The quantitative estimate of drug-likeness (QED) is 0.605. The molecule has 6 heteroatoms. The molecule has 1 saturated heterocycles. The SMILES string of the molecule is C=CCn1c(SCC2CCCO2)nnc1-c1ccco1. The zero-order valence-corrected chi connectivity index (χ0v) is 12.0. The molecule has 0 aliphatic carbocycles. The van der Waals surface area contributed by atoms with Gasteiger partial charge in [-0.3, -0.25) is 4.57 Å². The molecule has 3 heterocycles. The maximum atomic E-state index is 5.64. The Balaban J connectivity index is 1.77. The maximum Gasteiger partial charge on any atom is 0.200 e. The van der Waals surface area contributed by atoms with E-state index in [1.165, 1.54) is 0 Å². The Bertz CT molecular complexity index is 559. The Kier molecular flexibility index (Phi) is 4.22. The van der Waals surface area contributed by atoms with Crippen LogP contribution in [0.5, 0.6) is 0 Å². The van der Waals surface area contributed by atoms with Crippen LogP contribution in [-0.2, 0) is 11.3 Å².